The van der Waals surface area contributed by atoms with Gasteiger partial charge in [0.15, 0.2) is 5.17 Å². The maximum Gasteiger partial charge on any atom is 0.338 e. The lowest BCUT2D eigenvalue weighted by molar-refractivity contribution is -0.123. The number of furan rings is 1. The van der Waals surface area contributed by atoms with Crippen LogP contribution in [-0.4, -0.2) is 47.5 Å². The van der Waals surface area contributed by atoms with Crippen LogP contribution in [0.2, 0.25) is 0 Å². The number of likely N-dealkylation sites (tertiary alicyclic amines) is 1. The van der Waals surface area contributed by atoms with Crippen molar-refractivity contribution >= 4 is 40.8 Å². The molecular formula is C23H23N3O5S. The molecule has 166 valence electrons. The van der Waals surface area contributed by atoms with Crippen molar-refractivity contribution in [2.45, 2.75) is 19.8 Å². The topological polar surface area (TPSA) is 115 Å². The summed E-state index contributed by atoms with van der Waals surface area (Å²) in [6.07, 6.45) is 3.01. The first-order valence-corrected chi connectivity index (χ1v) is 11.2. The van der Waals surface area contributed by atoms with Crippen LogP contribution in [0.5, 0.6) is 0 Å². The lowest BCUT2D eigenvalue weighted by atomic mass is 9.97. The number of carbonyl (C=O) groups excluding carboxylic acids is 3. The van der Waals surface area contributed by atoms with Gasteiger partial charge >= 0.3 is 5.97 Å². The van der Waals surface area contributed by atoms with Crippen molar-refractivity contribution in [3.8, 4) is 11.3 Å². The summed E-state index contributed by atoms with van der Waals surface area (Å²) in [4.78, 5) is 42.2. The molecule has 2 aromatic rings. The molecule has 0 radical (unpaired) electrons. The molecule has 0 aliphatic carbocycles. The number of amides is 2. The summed E-state index contributed by atoms with van der Waals surface area (Å²) in [5, 5.41) is 0.644. The molecule has 3 heterocycles. The zero-order valence-corrected chi connectivity index (χ0v) is 18.4. The minimum absolute atomic E-state index is 0.114. The van der Waals surface area contributed by atoms with Gasteiger partial charge in [-0.2, -0.15) is 4.99 Å². The summed E-state index contributed by atoms with van der Waals surface area (Å²) >= 11 is 1.30. The molecule has 0 bridgehead atoms. The number of amidine groups is 1. The van der Waals surface area contributed by atoms with Crippen LogP contribution in [-0.2, 0) is 14.3 Å². The smallest absolute Gasteiger partial charge is 0.338 e. The summed E-state index contributed by atoms with van der Waals surface area (Å²) in [5.41, 5.74) is 6.67. The average molecular weight is 454 g/mol. The first-order valence-electron chi connectivity index (χ1n) is 10.4. The molecule has 8 nitrogen and oxygen atoms in total. The SMILES string of the molecule is CCOC(=O)c1ccc(-c2ccc(/C=C3\SC(N4CCC(C(N)=O)CC4)=NC3=O)o2)cc1. The number of hydrogen-bond donors (Lipinski definition) is 1. The number of aliphatic imine (C=N–C) groups is 1. The summed E-state index contributed by atoms with van der Waals surface area (Å²) in [6.45, 7) is 3.38. The molecule has 2 N–H and O–H groups in total. The second-order valence-electron chi connectivity index (χ2n) is 7.47. The number of rotatable bonds is 5. The van der Waals surface area contributed by atoms with Gasteiger partial charge < -0.3 is 19.8 Å². The molecule has 1 saturated heterocycles. The molecule has 2 aliphatic rings. The average Bonchev–Trinajstić information content (AvgIpc) is 3.41. The lowest BCUT2D eigenvalue weighted by Gasteiger charge is -2.31. The highest BCUT2D eigenvalue weighted by molar-refractivity contribution is 8.18. The highest BCUT2D eigenvalue weighted by Gasteiger charge is 2.30. The molecule has 0 unspecified atom stereocenters. The van der Waals surface area contributed by atoms with Gasteiger partial charge in [0.05, 0.1) is 17.1 Å². The van der Waals surface area contributed by atoms with E-state index in [1.807, 2.05) is 11.0 Å². The van der Waals surface area contributed by atoms with Crippen LogP contribution < -0.4 is 5.73 Å². The number of thioether (sulfide) groups is 1. The van der Waals surface area contributed by atoms with Crippen molar-refractivity contribution in [3.05, 3.63) is 52.6 Å². The third-order valence-corrected chi connectivity index (χ3v) is 6.40. The summed E-state index contributed by atoms with van der Waals surface area (Å²) < 4.78 is 10.9. The van der Waals surface area contributed by atoms with Crippen LogP contribution in [0.25, 0.3) is 17.4 Å². The second kappa shape index (κ2) is 9.44. The Morgan fingerprint density at radius 2 is 1.94 bits per heavy atom. The van der Waals surface area contributed by atoms with E-state index in [4.69, 9.17) is 14.9 Å². The predicted octanol–water partition coefficient (Wildman–Crippen LogP) is 3.29. The van der Waals surface area contributed by atoms with Crippen molar-refractivity contribution < 1.29 is 23.5 Å². The number of nitrogens with two attached hydrogens (primary N) is 1. The maximum absolute atomic E-state index is 12.4. The standard InChI is InChI=1S/C23H23N3O5S/c1-2-30-22(29)16-5-3-14(4-6-16)18-8-7-17(31-18)13-19-21(28)25-23(32-19)26-11-9-15(10-12-26)20(24)27/h3-8,13,15H,2,9-12H2,1H3,(H2,24,27)/b19-13-. The van der Waals surface area contributed by atoms with Gasteiger partial charge in [-0.1, -0.05) is 12.1 Å². The van der Waals surface area contributed by atoms with Crippen molar-refractivity contribution in [3.63, 3.8) is 0 Å². The van der Waals surface area contributed by atoms with E-state index in [1.54, 1.807) is 43.3 Å². The second-order valence-corrected chi connectivity index (χ2v) is 8.48. The van der Waals surface area contributed by atoms with Gasteiger partial charge in [0, 0.05) is 30.6 Å². The number of hydrogen-bond acceptors (Lipinski definition) is 7. The molecule has 1 fully saturated rings. The molecule has 1 aromatic carbocycles. The van der Waals surface area contributed by atoms with E-state index in [9.17, 15) is 14.4 Å². The zero-order chi connectivity index (χ0) is 22.7. The van der Waals surface area contributed by atoms with E-state index in [2.05, 4.69) is 4.99 Å². The Morgan fingerprint density at radius 1 is 1.22 bits per heavy atom. The Hall–Kier alpha value is -3.33. The van der Waals surface area contributed by atoms with Gasteiger partial charge in [0.25, 0.3) is 5.91 Å². The number of piperidine rings is 1. The van der Waals surface area contributed by atoms with Gasteiger partial charge in [-0.05, 0) is 55.8 Å². The van der Waals surface area contributed by atoms with Gasteiger partial charge in [-0.15, -0.1) is 0 Å². The first kappa shape index (κ1) is 21.9. The molecule has 9 heteroatoms. The van der Waals surface area contributed by atoms with Crippen LogP contribution >= 0.6 is 11.8 Å². The van der Waals surface area contributed by atoms with Crippen LogP contribution in [0.1, 0.15) is 35.9 Å². The lowest BCUT2D eigenvalue weighted by Crippen LogP contribution is -2.40. The van der Waals surface area contributed by atoms with Crippen molar-refractivity contribution in [2.75, 3.05) is 19.7 Å². The minimum Gasteiger partial charge on any atom is -0.462 e. The molecule has 4 rings (SSSR count). The molecule has 0 atom stereocenters. The summed E-state index contributed by atoms with van der Waals surface area (Å²) in [5.74, 6) is 0.101. The highest BCUT2D eigenvalue weighted by Crippen LogP contribution is 2.33. The van der Waals surface area contributed by atoms with Gasteiger partial charge in [0.2, 0.25) is 5.91 Å². The number of ether oxygens (including phenoxy) is 1. The summed E-state index contributed by atoms with van der Waals surface area (Å²) in [6, 6.07) is 10.5. The molecule has 1 aromatic heterocycles. The normalized spacial score (nSPS) is 18.2. The highest BCUT2D eigenvalue weighted by atomic mass is 32.2. The Balaban J connectivity index is 1.41. The largest absolute Gasteiger partial charge is 0.462 e. The van der Waals surface area contributed by atoms with Crippen LogP contribution in [0.4, 0.5) is 0 Å². The summed E-state index contributed by atoms with van der Waals surface area (Å²) in [7, 11) is 0. The van der Waals surface area contributed by atoms with E-state index < -0.39 is 0 Å². The number of nitrogens with zero attached hydrogens (tertiary/aromatic N) is 2. The van der Waals surface area contributed by atoms with Crippen molar-refractivity contribution in [2.24, 2.45) is 16.6 Å². The zero-order valence-electron chi connectivity index (χ0n) is 17.6. The molecule has 0 spiro atoms. The predicted molar refractivity (Wildman–Crippen MR) is 122 cm³/mol. The number of primary amides is 1. The molecule has 0 saturated carbocycles. The van der Waals surface area contributed by atoms with E-state index in [0.717, 1.165) is 5.56 Å². The third kappa shape index (κ3) is 4.77. The van der Waals surface area contributed by atoms with E-state index >= 15 is 0 Å². The van der Waals surface area contributed by atoms with Gasteiger partial charge in [0.1, 0.15) is 11.5 Å². The number of esters is 1. The van der Waals surface area contributed by atoms with Crippen LogP contribution in [0.3, 0.4) is 0 Å². The van der Waals surface area contributed by atoms with Crippen molar-refractivity contribution in [1.82, 2.24) is 4.90 Å². The van der Waals surface area contributed by atoms with E-state index in [1.165, 1.54) is 11.8 Å². The quantitative estimate of drug-likeness (QED) is 0.546. The number of benzene rings is 1. The van der Waals surface area contributed by atoms with Gasteiger partial charge in [-0.3, -0.25) is 9.59 Å². The molecule has 32 heavy (non-hydrogen) atoms. The fourth-order valence-corrected chi connectivity index (χ4v) is 4.53. The van der Waals surface area contributed by atoms with Crippen LogP contribution in [0, 0.1) is 5.92 Å². The fraction of sp³-hybridized carbons (Fsp3) is 0.304. The van der Waals surface area contributed by atoms with E-state index in [0.29, 0.717) is 59.7 Å². The Morgan fingerprint density at radius 3 is 2.59 bits per heavy atom. The third-order valence-electron chi connectivity index (χ3n) is 5.36. The monoisotopic (exact) mass is 453 g/mol. The fourth-order valence-electron chi connectivity index (χ4n) is 3.59. The molecular weight excluding hydrogens is 430 g/mol. The number of carbonyl (C=O) groups is 3. The molecule has 2 amide bonds. The van der Waals surface area contributed by atoms with Crippen molar-refractivity contribution in [1.29, 1.82) is 0 Å². The maximum atomic E-state index is 12.4. The van der Waals surface area contributed by atoms with Crippen LogP contribution in [0.15, 0.2) is 50.7 Å². The Bertz CT molecular complexity index is 1100. The minimum atomic E-state index is -0.365. The van der Waals surface area contributed by atoms with E-state index in [-0.39, 0.29) is 23.7 Å². The Labute approximate surface area is 189 Å². The molecule has 2 aliphatic heterocycles. The van der Waals surface area contributed by atoms with Gasteiger partial charge in [-0.25, -0.2) is 4.79 Å². The first-order chi connectivity index (χ1) is 15.4. The Kier molecular flexibility index (Phi) is 6.45.